The number of carbonyl (C=O) groups is 1. The van der Waals surface area contributed by atoms with Crippen LogP contribution >= 0.6 is 22.9 Å². The highest BCUT2D eigenvalue weighted by Crippen LogP contribution is 2.35. The Morgan fingerprint density at radius 1 is 1.05 bits per heavy atom. The summed E-state index contributed by atoms with van der Waals surface area (Å²) in [5.41, 5.74) is 0.495. The second kappa shape index (κ2) is 9.53. The van der Waals surface area contributed by atoms with Crippen molar-refractivity contribution in [1.82, 2.24) is 14.8 Å². The first kappa shape index (κ1) is 25.9. The van der Waals surface area contributed by atoms with Crippen LogP contribution in [0.15, 0.2) is 77.7 Å². The Morgan fingerprint density at radius 3 is 2.42 bits per heavy atom. The number of alkyl halides is 3. The number of carbonyl (C=O) groups excluding carboxylic acids is 1. The van der Waals surface area contributed by atoms with Crippen LogP contribution in [0.3, 0.4) is 0 Å². The Kier molecular flexibility index (Phi) is 6.49. The molecule has 0 radical (unpaired) electrons. The summed E-state index contributed by atoms with van der Waals surface area (Å²) in [7, 11) is -3.39. The third-order valence-corrected chi connectivity index (χ3v) is 7.90. The number of fused-ring (bicyclic) bond motifs is 1. The standard InChI is InChI=1S/C25H16ClF3N4O3S2.H2/c1-38(35,36)16-10-11-18-21(12-16)37-24(30-18)31-23(34)15-8-6-14(7-9-15)20-13-22(25(27,28)29)32-33(20)19-5-3-2-4-17(19)26;/h2-13H,1H3,(H,30,31,34);1H. The molecule has 0 aliphatic heterocycles. The predicted octanol–water partition coefficient (Wildman–Crippen LogP) is 6.72. The molecule has 2 aromatic heterocycles. The summed E-state index contributed by atoms with van der Waals surface area (Å²) in [5.74, 6) is -0.491. The van der Waals surface area contributed by atoms with Crippen molar-refractivity contribution < 1.29 is 27.8 Å². The molecule has 0 bridgehead atoms. The highest BCUT2D eigenvalue weighted by atomic mass is 35.5. The molecule has 0 saturated heterocycles. The van der Waals surface area contributed by atoms with Gasteiger partial charge in [-0.05, 0) is 48.5 Å². The fraction of sp³-hybridized carbons (Fsp3) is 0.0800. The van der Waals surface area contributed by atoms with E-state index in [4.69, 9.17) is 11.6 Å². The number of hydrogen-bond donors (Lipinski definition) is 1. The van der Waals surface area contributed by atoms with E-state index in [2.05, 4.69) is 15.4 Å². The number of aromatic nitrogens is 3. The second-order valence-corrected chi connectivity index (χ2v) is 11.7. The average molecular weight is 579 g/mol. The third kappa shape index (κ3) is 5.15. The molecule has 1 N–H and O–H groups in total. The van der Waals surface area contributed by atoms with Crippen LogP contribution in [0.1, 0.15) is 17.5 Å². The van der Waals surface area contributed by atoms with Crippen molar-refractivity contribution in [3.05, 3.63) is 89.1 Å². The van der Waals surface area contributed by atoms with Gasteiger partial charge in [0.1, 0.15) is 0 Å². The number of halogens is 4. The zero-order valence-corrected chi connectivity index (χ0v) is 21.7. The zero-order valence-electron chi connectivity index (χ0n) is 19.3. The Bertz CT molecular complexity index is 1800. The summed E-state index contributed by atoms with van der Waals surface area (Å²) in [4.78, 5) is 17.3. The molecule has 0 aliphatic carbocycles. The van der Waals surface area contributed by atoms with E-state index in [1.165, 1.54) is 36.4 Å². The number of nitrogens with zero attached hydrogens (tertiary/aromatic N) is 3. The number of nitrogens with one attached hydrogen (secondary N) is 1. The lowest BCUT2D eigenvalue weighted by Crippen LogP contribution is -2.11. The molecule has 0 unspecified atom stereocenters. The summed E-state index contributed by atoms with van der Waals surface area (Å²) >= 11 is 7.33. The minimum atomic E-state index is -4.67. The number of hydrogen-bond acceptors (Lipinski definition) is 6. The Morgan fingerprint density at radius 2 is 1.76 bits per heavy atom. The zero-order chi connectivity index (χ0) is 27.2. The molecule has 0 saturated carbocycles. The maximum absolute atomic E-state index is 13.5. The van der Waals surface area contributed by atoms with E-state index in [1.807, 2.05) is 0 Å². The molecule has 5 aromatic rings. The largest absolute Gasteiger partial charge is 0.435 e. The van der Waals surface area contributed by atoms with Gasteiger partial charge < -0.3 is 0 Å². The first-order chi connectivity index (χ1) is 17.9. The number of benzene rings is 3. The number of thiazole rings is 1. The lowest BCUT2D eigenvalue weighted by atomic mass is 10.1. The summed E-state index contributed by atoms with van der Waals surface area (Å²) in [6.07, 6.45) is -3.56. The van der Waals surface area contributed by atoms with Crippen molar-refractivity contribution in [1.29, 1.82) is 0 Å². The molecule has 0 aliphatic rings. The van der Waals surface area contributed by atoms with Crippen molar-refractivity contribution in [3.63, 3.8) is 0 Å². The highest BCUT2D eigenvalue weighted by Gasteiger charge is 2.35. The van der Waals surface area contributed by atoms with E-state index in [0.29, 0.717) is 15.8 Å². The first-order valence-corrected chi connectivity index (χ1v) is 13.9. The van der Waals surface area contributed by atoms with Crippen molar-refractivity contribution in [2.45, 2.75) is 11.1 Å². The molecule has 2 heterocycles. The number of sulfone groups is 1. The van der Waals surface area contributed by atoms with Crippen molar-refractivity contribution in [2.24, 2.45) is 0 Å². The summed E-state index contributed by atoms with van der Waals surface area (Å²) in [6.45, 7) is 0. The molecule has 38 heavy (non-hydrogen) atoms. The van der Waals surface area contributed by atoms with Crippen LogP contribution in [-0.4, -0.2) is 35.3 Å². The molecule has 0 spiro atoms. The second-order valence-electron chi connectivity index (χ2n) is 8.23. The van der Waals surface area contributed by atoms with Crippen LogP contribution in [0.4, 0.5) is 18.3 Å². The fourth-order valence-electron chi connectivity index (χ4n) is 3.68. The Balaban J connectivity index is 0.00000353. The first-order valence-electron chi connectivity index (χ1n) is 10.8. The molecule has 0 atom stereocenters. The minimum absolute atomic E-state index is 0. The number of anilines is 1. The number of rotatable bonds is 5. The van der Waals surface area contributed by atoms with Gasteiger partial charge in [0.2, 0.25) is 0 Å². The number of amides is 1. The molecule has 0 fully saturated rings. The SMILES string of the molecule is CS(=O)(=O)c1ccc2nc(NC(=O)c3ccc(-c4cc(C(F)(F)F)nn4-c4ccccc4Cl)cc3)sc2c1.[HH]. The van der Waals surface area contributed by atoms with Gasteiger partial charge in [-0.15, -0.1) is 0 Å². The van der Waals surface area contributed by atoms with Crippen LogP contribution in [0, 0.1) is 0 Å². The molecule has 7 nitrogen and oxygen atoms in total. The maximum atomic E-state index is 13.5. The molecule has 1 amide bonds. The average Bonchev–Trinajstić information content (AvgIpc) is 3.47. The predicted molar refractivity (Wildman–Crippen MR) is 142 cm³/mol. The summed E-state index contributed by atoms with van der Waals surface area (Å²) in [5, 5.41) is 6.89. The van der Waals surface area contributed by atoms with Gasteiger partial charge in [-0.1, -0.05) is 47.2 Å². The molecule has 13 heteroatoms. The van der Waals surface area contributed by atoms with Gasteiger partial charge in [0.25, 0.3) is 5.91 Å². The Labute approximate surface area is 224 Å². The van der Waals surface area contributed by atoms with Gasteiger partial charge in [0, 0.05) is 18.8 Å². The van der Waals surface area contributed by atoms with Crippen LogP contribution in [0.2, 0.25) is 5.02 Å². The van der Waals surface area contributed by atoms with Gasteiger partial charge in [0.15, 0.2) is 20.7 Å². The van der Waals surface area contributed by atoms with Gasteiger partial charge >= 0.3 is 6.18 Å². The van der Waals surface area contributed by atoms with Gasteiger partial charge in [-0.2, -0.15) is 18.3 Å². The van der Waals surface area contributed by atoms with Crippen LogP contribution in [0.5, 0.6) is 0 Å². The monoisotopic (exact) mass is 578 g/mol. The third-order valence-electron chi connectivity index (χ3n) is 5.53. The van der Waals surface area contributed by atoms with Gasteiger partial charge in [-0.3, -0.25) is 10.1 Å². The van der Waals surface area contributed by atoms with E-state index >= 15 is 0 Å². The summed E-state index contributed by atoms with van der Waals surface area (Å²) in [6, 6.07) is 17.8. The van der Waals surface area contributed by atoms with E-state index < -0.39 is 27.6 Å². The van der Waals surface area contributed by atoms with E-state index in [0.717, 1.165) is 28.3 Å². The van der Waals surface area contributed by atoms with Crippen molar-refractivity contribution >= 4 is 54.0 Å². The fourth-order valence-corrected chi connectivity index (χ4v) is 5.52. The van der Waals surface area contributed by atoms with Crippen molar-refractivity contribution in [3.8, 4) is 16.9 Å². The smallest absolute Gasteiger partial charge is 0.298 e. The van der Waals surface area contributed by atoms with E-state index in [-0.39, 0.29) is 33.4 Å². The maximum Gasteiger partial charge on any atom is 0.435 e. The normalized spacial score (nSPS) is 12.1. The topological polar surface area (TPSA) is 93.9 Å². The molecule has 5 rings (SSSR count). The minimum Gasteiger partial charge on any atom is -0.298 e. The van der Waals surface area contributed by atoms with E-state index in [9.17, 15) is 26.4 Å². The molecule has 3 aromatic carbocycles. The quantitative estimate of drug-likeness (QED) is 0.250. The molecule has 196 valence electrons. The van der Waals surface area contributed by atoms with E-state index in [1.54, 1.807) is 30.3 Å². The van der Waals surface area contributed by atoms with Gasteiger partial charge in [-0.25, -0.2) is 18.1 Å². The lowest BCUT2D eigenvalue weighted by molar-refractivity contribution is -0.141. The van der Waals surface area contributed by atoms with Crippen LogP contribution in [-0.2, 0) is 16.0 Å². The molecular weight excluding hydrogens is 561 g/mol. The van der Waals surface area contributed by atoms with Crippen LogP contribution in [0.25, 0.3) is 27.2 Å². The Hall–Kier alpha value is -3.74. The highest BCUT2D eigenvalue weighted by molar-refractivity contribution is 7.90. The van der Waals surface area contributed by atoms with Gasteiger partial charge in [0.05, 0.1) is 31.5 Å². The lowest BCUT2D eigenvalue weighted by Gasteiger charge is -2.10. The molecular formula is C25H18ClF3N4O3S2. The van der Waals surface area contributed by atoms with Crippen molar-refractivity contribution in [2.75, 3.05) is 11.6 Å². The number of para-hydroxylation sites is 1. The van der Waals surface area contributed by atoms with Crippen LogP contribution < -0.4 is 5.32 Å². The summed E-state index contributed by atoms with van der Waals surface area (Å²) < 4.78 is 65.6.